The van der Waals surface area contributed by atoms with Gasteiger partial charge < -0.3 is 59.6 Å². The first-order chi connectivity index (χ1) is 38.4. The molecule has 6 amide bonds. The molecular formula is C53H40N6Na4O19S4. The summed E-state index contributed by atoms with van der Waals surface area (Å²) in [7, 11) is -18.4. The van der Waals surface area contributed by atoms with Crippen molar-refractivity contribution in [3.05, 3.63) is 167 Å². The van der Waals surface area contributed by atoms with Crippen molar-refractivity contribution in [3.63, 3.8) is 0 Å². The Morgan fingerprint density at radius 2 is 0.698 bits per heavy atom. The van der Waals surface area contributed by atoms with E-state index in [0.717, 1.165) is 62.8 Å². The van der Waals surface area contributed by atoms with Gasteiger partial charge >= 0.3 is 124 Å². The van der Waals surface area contributed by atoms with E-state index in [-0.39, 0.29) is 196 Å². The molecule has 0 fully saturated rings. The summed E-state index contributed by atoms with van der Waals surface area (Å²) in [5.41, 5.74) is 0.346. The van der Waals surface area contributed by atoms with Crippen LogP contribution in [-0.2, 0) is 40.5 Å². The van der Waals surface area contributed by atoms with Gasteiger partial charge in [0.05, 0.1) is 45.2 Å². The van der Waals surface area contributed by atoms with Gasteiger partial charge in [-0.2, -0.15) is 0 Å². The third-order valence-electron chi connectivity index (χ3n) is 12.3. The van der Waals surface area contributed by atoms with Gasteiger partial charge in [0.15, 0.2) is 0 Å². The number of urea groups is 1. The second-order valence-corrected chi connectivity index (χ2v) is 23.3. The number of amides is 6. The quantitative estimate of drug-likeness (QED) is 0.0389. The van der Waals surface area contributed by atoms with E-state index in [1.807, 2.05) is 0 Å². The molecule has 0 saturated heterocycles. The smallest absolute Gasteiger partial charge is 0.744 e. The number of hydrogen-bond acceptors (Lipinski definition) is 19. The molecule has 6 N–H and O–H groups in total. The Morgan fingerprint density at radius 3 is 1.01 bits per heavy atom. The monoisotopic (exact) mass is 1280 g/mol. The predicted molar refractivity (Wildman–Crippen MR) is 293 cm³/mol. The Balaban J connectivity index is 0.00000396. The van der Waals surface area contributed by atoms with Crippen LogP contribution in [0.25, 0.3) is 21.5 Å². The SMILES string of the molecule is COc1cc(S(=O)(=O)[O-])cc2cc(S(=O)(=O)[O-])c(NC(=O)c3ccc(C)c(NC(=O)c4cccc(NC(=O)Nc5cccc(C(=O)Nc6cc(C(=O)Nc7cc8c(OC)cc(S(=O)(=O)[O-])cc8cc7S(=O)(=O)[O-])ccc6C)c5)c4)c3)cc12.[Na+].[Na+].[Na+].[Na+]. The normalized spacial score (nSPS) is 11.3. The second kappa shape index (κ2) is 29.3. The molecule has 33 heteroatoms. The number of aryl methyl sites for hydroxylation is 2. The average molecular weight is 1290 g/mol. The average Bonchev–Trinajstić information content (AvgIpc) is 0.874. The molecular weight excluding hydrogens is 1240 g/mol. The predicted octanol–water partition coefficient (Wildman–Crippen LogP) is -5.09. The summed E-state index contributed by atoms with van der Waals surface area (Å²) in [5.74, 6) is -3.63. The van der Waals surface area contributed by atoms with E-state index >= 15 is 0 Å². The minimum atomic E-state index is -5.32. The molecule has 8 rings (SSSR count). The van der Waals surface area contributed by atoms with Crippen LogP contribution >= 0.6 is 0 Å². The Morgan fingerprint density at radius 1 is 0.372 bits per heavy atom. The molecule has 0 radical (unpaired) electrons. The minimum absolute atomic E-state index is 0. The van der Waals surface area contributed by atoms with Crippen LogP contribution < -0.4 is 160 Å². The van der Waals surface area contributed by atoms with Crippen molar-refractivity contribution in [2.45, 2.75) is 33.4 Å². The summed E-state index contributed by atoms with van der Waals surface area (Å²) in [6.45, 7) is 3.23. The first-order valence-electron chi connectivity index (χ1n) is 23.3. The van der Waals surface area contributed by atoms with E-state index in [1.54, 1.807) is 13.8 Å². The van der Waals surface area contributed by atoms with Crippen LogP contribution in [0.4, 0.5) is 38.9 Å². The van der Waals surface area contributed by atoms with Gasteiger partial charge in [-0.1, -0.05) is 24.3 Å². The number of fused-ring (bicyclic) bond motifs is 2. The van der Waals surface area contributed by atoms with Crippen LogP contribution in [0.3, 0.4) is 0 Å². The zero-order valence-electron chi connectivity index (χ0n) is 46.6. The second-order valence-electron chi connectivity index (χ2n) is 17.8. The van der Waals surface area contributed by atoms with Crippen molar-refractivity contribution in [3.8, 4) is 11.5 Å². The molecule has 0 bridgehead atoms. The fourth-order valence-electron chi connectivity index (χ4n) is 8.24. The minimum Gasteiger partial charge on any atom is -0.744 e. The summed E-state index contributed by atoms with van der Waals surface area (Å²) in [6.07, 6.45) is 0. The summed E-state index contributed by atoms with van der Waals surface area (Å²) in [4.78, 5) is 64.2. The first kappa shape index (κ1) is 73.1. The van der Waals surface area contributed by atoms with Crippen molar-refractivity contribution in [2.75, 3.05) is 46.1 Å². The summed E-state index contributed by atoms with van der Waals surface area (Å²) in [5, 5.41) is 15.0. The van der Waals surface area contributed by atoms with E-state index < -0.39 is 101 Å². The van der Waals surface area contributed by atoms with Crippen molar-refractivity contribution in [2.24, 2.45) is 0 Å². The van der Waals surface area contributed by atoms with Crippen molar-refractivity contribution in [1.82, 2.24) is 0 Å². The molecule has 0 heterocycles. The fraction of sp³-hybridized carbons (Fsp3) is 0.0755. The molecule has 8 aromatic carbocycles. The number of ether oxygens (including phenoxy) is 2. The Bertz CT molecular complexity index is 4260. The molecule has 25 nitrogen and oxygen atoms in total. The van der Waals surface area contributed by atoms with Gasteiger partial charge in [-0.25, -0.2) is 38.5 Å². The number of methoxy groups -OCH3 is 2. The molecule has 8 aromatic rings. The maximum atomic E-state index is 13.6. The summed E-state index contributed by atoms with van der Waals surface area (Å²) in [6, 6.07) is 26.0. The fourth-order valence-corrected chi connectivity index (χ4v) is 10.6. The van der Waals surface area contributed by atoms with Crippen molar-refractivity contribution >= 4 is 126 Å². The van der Waals surface area contributed by atoms with Crippen LogP contribution in [0.5, 0.6) is 11.5 Å². The van der Waals surface area contributed by atoms with Crippen LogP contribution in [0.1, 0.15) is 52.6 Å². The van der Waals surface area contributed by atoms with Crippen molar-refractivity contribution < 1.29 is 204 Å². The number of anilines is 6. The molecule has 0 aliphatic heterocycles. The van der Waals surface area contributed by atoms with Crippen LogP contribution in [0.2, 0.25) is 0 Å². The van der Waals surface area contributed by atoms with Gasteiger partial charge in [0.2, 0.25) is 0 Å². The third-order valence-corrected chi connectivity index (χ3v) is 15.7. The van der Waals surface area contributed by atoms with Gasteiger partial charge in [-0.05, 0) is 145 Å². The maximum absolute atomic E-state index is 13.6. The topological polar surface area (TPSA) is 405 Å². The Labute approximate surface area is 580 Å². The molecule has 86 heavy (non-hydrogen) atoms. The number of rotatable bonds is 16. The summed E-state index contributed by atoms with van der Waals surface area (Å²) >= 11 is 0. The van der Waals surface area contributed by atoms with Gasteiger partial charge in [-0.3, -0.25) is 19.2 Å². The first-order valence-corrected chi connectivity index (χ1v) is 28.9. The number of benzene rings is 8. The molecule has 424 valence electrons. The Hall–Kier alpha value is -5.33. The summed E-state index contributed by atoms with van der Waals surface area (Å²) < 4.78 is 155. The standard InChI is InChI=1S/C53H44N6O19S4.4Na/c1-27-11-13-31(51(62)58-43-25-39-33(21-47(43)81(71,72)73)17-37(79(65,66)67)23-45(39)77-3)19-41(27)56-49(60)29-7-5-9-35(15-29)54-53(64)55-36-10-6-8-30(16-36)50(61)57-42-20-32(14-12-28(42)2)52(63)59-44-26-40-34(22-48(44)82(74,75)76)18-38(80(68,69)70)24-46(40)78-4;;;;/h5-26H,1-4H3,(H,56,60)(H,57,61)(H,58,62)(H,59,63)(H2,54,55,64)(H,65,66,67)(H,68,69,70)(H,71,72,73)(H,74,75,76);;;;/q;4*+1/p-4. The van der Waals surface area contributed by atoms with Crippen LogP contribution in [0.15, 0.2) is 153 Å². The third kappa shape index (κ3) is 17.5. The van der Waals surface area contributed by atoms with E-state index in [9.17, 15) is 75.9 Å². The molecule has 0 aliphatic carbocycles. The zero-order valence-corrected chi connectivity index (χ0v) is 57.9. The van der Waals surface area contributed by atoms with Crippen LogP contribution in [0, 0.1) is 13.8 Å². The number of nitrogens with one attached hydrogen (secondary N) is 6. The van der Waals surface area contributed by atoms with Gasteiger partial charge in [0.1, 0.15) is 52.0 Å². The van der Waals surface area contributed by atoms with E-state index in [2.05, 4.69) is 31.9 Å². The van der Waals surface area contributed by atoms with Gasteiger partial charge in [-0.15, -0.1) is 0 Å². The largest absolute Gasteiger partial charge is 1.00 e. The van der Waals surface area contributed by atoms with Crippen LogP contribution in [-0.4, -0.2) is 95.8 Å². The number of carbonyl (C=O) groups excluding carboxylic acids is 5. The zero-order chi connectivity index (χ0) is 59.8. The van der Waals surface area contributed by atoms with Gasteiger partial charge in [0.25, 0.3) is 23.6 Å². The number of carbonyl (C=O) groups is 5. The van der Waals surface area contributed by atoms with E-state index in [0.29, 0.717) is 11.1 Å². The molecule has 0 aliphatic rings. The molecule has 0 atom stereocenters. The Kier molecular flexibility index (Phi) is 24.9. The van der Waals surface area contributed by atoms with E-state index in [1.165, 1.54) is 84.9 Å². The molecule has 0 aromatic heterocycles. The maximum Gasteiger partial charge on any atom is 1.00 e. The molecule has 0 saturated carbocycles. The van der Waals surface area contributed by atoms with Gasteiger partial charge in [0, 0.05) is 55.8 Å². The van der Waals surface area contributed by atoms with E-state index in [4.69, 9.17) is 9.47 Å². The number of hydrogen-bond donors (Lipinski definition) is 6. The molecule has 0 spiro atoms. The molecule has 0 unspecified atom stereocenters. The van der Waals surface area contributed by atoms with Crippen molar-refractivity contribution in [1.29, 1.82) is 0 Å².